The molecule has 2 rings (SSSR count). The largest absolute Gasteiger partial charge is 0.292 e. The second-order valence-electron chi connectivity index (χ2n) is 4.09. The van der Waals surface area contributed by atoms with Crippen LogP contribution in [0.4, 0.5) is 5.69 Å². The van der Waals surface area contributed by atoms with Crippen LogP contribution in [-0.4, -0.2) is 12.0 Å². The van der Waals surface area contributed by atoms with E-state index in [1.807, 2.05) is 60.6 Å². The summed E-state index contributed by atoms with van der Waals surface area (Å²) in [6.45, 7) is 0. The predicted octanol–water partition coefficient (Wildman–Crippen LogP) is 3.20. The van der Waals surface area contributed by atoms with Crippen LogP contribution in [0.15, 0.2) is 60.7 Å². The number of rotatable bonds is 4. The van der Waals surface area contributed by atoms with E-state index in [0.29, 0.717) is 0 Å². The predicted molar refractivity (Wildman–Crippen MR) is 80.7 cm³/mol. The van der Waals surface area contributed by atoms with E-state index >= 15 is 0 Å². The maximum absolute atomic E-state index is 5.36. The second-order valence-corrected chi connectivity index (χ2v) is 4.58. The Morgan fingerprint density at radius 3 is 2.17 bits per heavy atom. The lowest BCUT2D eigenvalue weighted by Gasteiger charge is -2.21. The normalized spacial score (nSPS) is 9.83. The van der Waals surface area contributed by atoms with E-state index in [-0.39, 0.29) is 0 Å². The first-order valence-electron chi connectivity index (χ1n) is 5.88. The van der Waals surface area contributed by atoms with Crippen LogP contribution < -0.4 is 10.4 Å². The Labute approximate surface area is 113 Å². The van der Waals surface area contributed by atoms with Gasteiger partial charge in [-0.05, 0) is 17.7 Å². The highest BCUT2D eigenvalue weighted by atomic mass is 32.1. The van der Waals surface area contributed by atoms with E-state index in [4.69, 9.17) is 12.2 Å². The third kappa shape index (κ3) is 3.57. The van der Waals surface area contributed by atoms with Gasteiger partial charge in [0, 0.05) is 13.5 Å². The minimum absolute atomic E-state index is 0.757. The van der Waals surface area contributed by atoms with Crippen molar-refractivity contribution in [2.45, 2.75) is 6.42 Å². The van der Waals surface area contributed by atoms with E-state index < -0.39 is 0 Å². The number of nitrogens with one attached hydrogen (secondary N) is 1. The molecule has 0 saturated carbocycles. The Kier molecular flexibility index (Phi) is 4.31. The molecule has 0 aromatic heterocycles. The van der Waals surface area contributed by atoms with Crippen LogP contribution in [0.5, 0.6) is 0 Å². The van der Waals surface area contributed by atoms with Crippen molar-refractivity contribution in [3.05, 3.63) is 66.2 Å². The summed E-state index contributed by atoms with van der Waals surface area (Å²) in [6, 6.07) is 20.3. The fourth-order valence-corrected chi connectivity index (χ4v) is 2.03. The van der Waals surface area contributed by atoms with Crippen LogP contribution in [-0.2, 0) is 6.42 Å². The average molecular weight is 256 g/mol. The molecule has 0 bridgehead atoms. The summed E-state index contributed by atoms with van der Waals surface area (Å²) in [4.78, 5) is 0.813. The van der Waals surface area contributed by atoms with Gasteiger partial charge in [-0.25, -0.2) is 0 Å². The molecule has 0 saturated heterocycles. The number of nitrogens with zero attached hydrogens (tertiary/aromatic N) is 1. The number of benzene rings is 2. The van der Waals surface area contributed by atoms with Crippen LogP contribution in [0, 0.1) is 0 Å². The van der Waals surface area contributed by atoms with Gasteiger partial charge in [-0.1, -0.05) is 60.7 Å². The van der Waals surface area contributed by atoms with Crippen LogP contribution in [0.2, 0.25) is 0 Å². The first-order valence-corrected chi connectivity index (χ1v) is 6.29. The maximum Gasteiger partial charge on any atom is 0.0985 e. The summed E-state index contributed by atoms with van der Waals surface area (Å²) < 4.78 is 0. The van der Waals surface area contributed by atoms with Gasteiger partial charge in [0.15, 0.2) is 0 Å². The summed E-state index contributed by atoms with van der Waals surface area (Å²) >= 11 is 5.36. The Morgan fingerprint density at radius 2 is 1.56 bits per heavy atom. The lowest BCUT2D eigenvalue weighted by Crippen LogP contribution is -2.39. The van der Waals surface area contributed by atoms with E-state index in [1.54, 1.807) is 0 Å². The van der Waals surface area contributed by atoms with Crippen LogP contribution in [0.3, 0.4) is 0 Å². The smallest absolute Gasteiger partial charge is 0.0985 e. The molecule has 0 aliphatic rings. The van der Waals surface area contributed by atoms with E-state index in [1.165, 1.54) is 5.56 Å². The third-order valence-corrected chi connectivity index (χ3v) is 2.88. The lowest BCUT2D eigenvalue weighted by atomic mass is 10.1. The quantitative estimate of drug-likeness (QED) is 0.668. The minimum Gasteiger partial charge on any atom is -0.292 e. The molecule has 0 amide bonds. The zero-order valence-electron chi connectivity index (χ0n) is 10.3. The second kappa shape index (κ2) is 6.17. The molecule has 18 heavy (non-hydrogen) atoms. The van der Waals surface area contributed by atoms with Crippen LogP contribution >= 0.6 is 12.2 Å². The highest BCUT2D eigenvalue weighted by molar-refractivity contribution is 7.80. The van der Waals surface area contributed by atoms with Gasteiger partial charge in [-0.2, -0.15) is 0 Å². The molecular weight excluding hydrogens is 240 g/mol. The number of para-hydroxylation sites is 1. The molecule has 2 aromatic carbocycles. The number of thiocarbonyl (C=S) groups is 1. The van der Waals surface area contributed by atoms with E-state index in [0.717, 1.165) is 17.1 Å². The van der Waals surface area contributed by atoms with Gasteiger partial charge in [0.1, 0.15) is 0 Å². The Morgan fingerprint density at radius 1 is 1.00 bits per heavy atom. The van der Waals surface area contributed by atoms with Gasteiger partial charge in [0.05, 0.1) is 10.7 Å². The fourth-order valence-electron chi connectivity index (χ4n) is 1.72. The van der Waals surface area contributed by atoms with E-state index in [9.17, 15) is 0 Å². The van der Waals surface area contributed by atoms with Gasteiger partial charge in [-0.15, -0.1) is 0 Å². The molecule has 0 aliphatic carbocycles. The molecule has 92 valence electrons. The van der Waals surface area contributed by atoms with Crippen molar-refractivity contribution in [2.24, 2.45) is 0 Å². The molecule has 0 radical (unpaired) electrons. The zero-order chi connectivity index (χ0) is 12.8. The molecule has 2 nitrogen and oxygen atoms in total. The molecular formula is C15H16N2S. The van der Waals surface area contributed by atoms with Crippen molar-refractivity contribution in [1.29, 1.82) is 0 Å². The molecule has 0 atom stereocenters. The first-order chi connectivity index (χ1) is 8.75. The molecule has 0 aliphatic heterocycles. The topological polar surface area (TPSA) is 15.3 Å². The first kappa shape index (κ1) is 12.6. The fraction of sp³-hybridized carbons (Fsp3) is 0.133. The van der Waals surface area contributed by atoms with Gasteiger partial charge in [-0.3, -0.25) is 10.4 Å². The highest BCUT2D eigenvalue weighted by Crippen LogP contribution is 2.09. The van der Waals surface area contributed by atoms with Crippen LogP contribution in [0.1, 0.15) is 5.56 Å². The molecule has 3 heteroatoms. The summed E-state index contributed by atoms with van der Waals surface area (Å²) in [6.07, 6.45) is 0.757. The minimum atomic E-state index is 0.757. The summed E-state index contributed by atoms with van der Waals surface area (Å²) in [5.41, 5.74) is 5.52. The van der Waals surface area contributed by atoms with Gasteiger partial charge in [0.2, 0.25) is 0 Å². The molecule has 0 unspecified atom stereocenters. The Balaban J connectivity index is 1.92. The van der Waals surface area contributed by atoms with Crippen molar-refractivity contribution >= 4 is 22.9 Å². The maximum atomic E-state index is 5.36. The molecule has 0 spiro atoms. The number of hydrogen-bond donors (Lipinski definition) is 1. The molecule has 0 fully saturated rings. The summed E-state index contributed by atoms with van der Waals surface area (Å²) in [7, 11) is 1.96. The summed E-state index contributed by atoms with van der Waals surface area (Å²) in [5, 5.41) is 1.94. The molecule has 0 heterocycles. The Bertz CT molecular complexity index is 496. The summed E-state index contributed by atoms with van der Waals surface area (Å²) in [5.74, 6) is 0. The molecule has 1 N–H and O–H groups in total. The van der Waals surface area contributed by atoms with Crippen molar-refractivity contribution in [3.8, 4) is 0 Å². The van der Waals surface area contributed by atoms with Crippen LogP contribution in [0.25, 0.3) is 0 Å². The van der Waals surface area contributed by atoms with Crippen molar-refractivity contribution < 1.29 is 0 Å². The average Bonchev–Trinajstić information content (AvgIpc) is 2.40. The number of hydrazine groups is 1. The highest BCUT2D eigenvalue weighted by Gasteiger charge is 2.03. The standard InChI is InChI=1S/C15H16N2S/c1-17(14-10-6-3-7-11-14)16-15(18)12-13-8-4-2-5-9-13/h2-11H,12H2,1H3,(H,16,18). The Hall–Kier alpha value is -1.87. The van der Waals surface area contributed by atoms with Crippen molar-refractivity contribution in [1.82, 2.24) is 5.43 Å². The van der Waals surface area contributed by atoms with Crippen molar-refractivity contribution in [3.63, 3.8) is 0 Å². The van der Waals surface area contributed by atoms with Gasteiger partial charge in [0.25, 0.3) is 0 Å². The number of hydrogen-bond acceptors (Lipinski definition) is 2. The monoisotopic (exact) mass is 256 g/mol. The third-order valence-electron chi connectivity index (χ3n) is 2.64. The molecule has 2 aromatic rings. The lowest BCUT2D eigenvalue weighted by molar-refractivity contribution is 0.877. The van der Waals surface area contributed by atoms with Crippen molar-refractivity contribution in [2.75, 3.05) is 12.1 Å². The SMILES string of the molecule is CN(NC(=S)Cc1ccccc1)c1ccccc1. The zero-order valence-corrected chi connectivity index (χ0v) is 11.2. The van der Waals surface area contributed by atoms with E-state index in [2.05, 4.69) is 17.6 Å². The number of anilines is 1. The van der Waals surface area contributed by atoms with Gasteiger partial charge >= 0.3 is 0 Å². The van der Waals surface area contributed by atoms with Gasteiger partial charge < -0.3 is 0 Å².